The highest BCUT2D eigenvalue weighted by molar-refractivity contribution is 7.09. The van der Waals surface area contributed by atoms with Gasteiger partial charge in [-0.3, -0.25) is 4.79 Å². The highest BCUT2D eigenvalue weighted by Gasteiger charge is 2.15. The minimum absolute atomic E-state index is 0.113. The molecule has 6 heteroatoms. The predicted molar refractivity (Wildman–Crippen MR) is 89.2 cm³/mol. The predicted octanol–water partition coefficient (Wildman–Crippen LogP) is 2.60. The molecule has 0 spiro atoms. The number of thiazole rings is 1. The minimum atomic E-state index is -0.245. The number of halogens is 1. The number of rotatable bonds is 6. The van der Waals surface area contributed by atoms with Crippen molar-refractivity contribution in [1.29, 1.82) is 0 Å². The molecule has 1 atom stereocenters. The zero-order valence-electron chi connectivity index (χ0n) is 12.8. The number of hydrogen-bond acceptors (Lipinski definition) is 4. The summed E-state index contributed by atoms with van der Waals surface area (Å²) in [7, 11) is 0. The van der Waals surface area contributed by atoms with Crippen molar-refractivity contribution < 1.29 is 9.18 Å². The fourth-order valence-electron chi connectivity index (χ4n) is 2.71. The Bertz CT molecular complexity index is 650. The number of aromatic nitrogens is 1. The van der Waals surface area contributed by atoms with E-state index in [0.717, 1.165) is 30.1 Å². The van der Waals surface area contributed by atoms with Crippen LogP contribution in [0, 0.1) is 11.7 Å². The van der Waals surface area contributed by atoms with Gasteiger partial charge in [-0.05, 0) is 49.5 Å². The maximum Gasteiger partial charge on any atom is 0.270 e. The summed E-state index contributed by atoms with van der Waals surface area (Å²) in [6.07, 6.45) is 2.81. The van der Waals surface area contributed by atoms with Crippen molar-refractivity contribution in [2.45, 2.75) is 19.3 Å². The molecule has 1 aliphatic rings. The van der Waals surface area contributed by atoms with E-state index in [0.29, 0.717) is 24.6 Å². The second-order valence-electron chi connectivity index (χ2n) is 5.83. The number of amides is 1. The van der Waals surface area contributed by atoms with E-state index in [9.17, 15) is 9.18 Å². The molecule has 122 valence electrons. The zero-order valence-corrected chi connectivity index (χ0v) is 13.7. The highest BCUT2D eigenvalue weighted by Crippen LogP contribution is 2.16. The Morgan fingerprint density at radius 2 is 2.22 bits per heavy atom. The van der Waals surface area contributed by atoms with Gasteiger partial charge in [0.1, 0.15) is 11.5 Å². The van der Waals surface area contributed by atoms with E-state index < -0.39 is 0 Å². The molecule has 1 fully saturated rings. The first kappa shape index (κ1) is 16.1. The molecule has 23 heavy (non-hydrogen) atoms. The summed E-state index contributed by atoms with van der Waals surface area (Å²) in [6, 6.07) is 6.36. The monoisotopic (exact) mass is 333 g/mol. The molecule has 2 heterocycles. The van der Waals surface area contributed by atoms with Crippen LogP contribution in [0.5, 0.6) is 0 Å². The molecule has 0 bridgehead atoms. The number of carbonyl (C=O) groups is 1. The largest absolute Gasteiger partial charge is 0.351 e. The first-order valence-electron chi connectivity index (χ1n) is 7.88. The van der Waals surface area contributed by atoms with Crippen LogP contribution >= 0.6 is 11.3 Å². The third-order valence-electron chi connectivity index (χ3n) is 4.05. The van der Waals surface area contributed by atoms with Gasteiger partial charge in [-0.1, -0.05) is 12.1 Å². The van der Waals surface area contributed by atoms with Crippen LogP contribution in [0.2, 0.25) is 0 Å². The summed E-state index contributed by atoms with van der Waals surface area (Å²) in [5.74, 6) is 0.308. The molecule has 1 amide bonds. The topological polar surface area (TPSA) is 54.0 Å². The van der Waals surface area contributed by atoms with Crippen molar-refractivity contribution in [2.24, 2.45) is 5.92 Å². The van der Waals surface area contributed by atoms with Crippen molar-refractivity contribution in [3.05, 3.63) is 51.7 Å². The molecule has 0 aliphatic carbocycles. The minimum Gasteiger partial charge on any atom is -0.351 e. The second-order valence-corrected chi connectivity index (χ2v) is 6.78. The number of nitrogens with one attached hydrogen (secondary N) is 2. The van der Waals surface area contributed by atoms with E-state index in [1.807, 2.05) is 0 Å². The zero-order chi connectivity index (χ0) is 16.1. The van der Waals surface area contributed by atoms with Gasteiger partial charge in [0.05, 0.1) is 5.01 Å². The van der Waals surface area contributed by atoms with Crippen LogP contribution in [0.3, 0.4) is 0 Å². The smallest absolute Gasteiger partial charge is 0.270 e. The molecule has 1 unspecified atom stereocenters. The van der Waals surface area contributed by atoms with E-state index in [4.69, 9.17) is 0 Å². The van der Waals surface area contributed by atoms with Gasteiger partial charge in [-0.2, -0.15) is 0 Å². The van der Waals surface area contributed by atoms with Gasteiger partial charge < -0.3 is 10.6 Å². The second kappa shape index (κ2) is 7.66. The molecular formula is C17H20FN3OS. The summed E-state index contributed by atoms with van der Waals surface area (Å²) in [4.78, 5) is 16.5. The van der Waals surface area contributed by atoms with Crippen LogP contribution in [0.15, 0.2) is 29.6 Å². The standard InChI is InChI=1S/C17H20FN3OS/c18-14-3-1-12(2-4-14)9-16-21-15(11-23-16)17(22)20-8-6-13-5-7-19-10-13/h1-4,11,13,19H,5-10H2,(H,20,22). The molecule has 2 aromatic rings. The lowest BCUT2D eigenvalue weighted by Crippen LogP contribution is -2.26. The van der Waals surface area contributed by atoms with Crippen LogP contribution in [0.25, 0.3) is 0 Å². The Hall–Kier alpha value is -1.79. The first-order chi connectivity index (χ1) is 11.2. The maximum absolute atomic E-state index is 12.9. The fourth-order valence-corrected chi connectivity index (χ4v) is 3.52. The van der Waals surface area contributed by atoms with Crippen LogP contribution in [0.4, 0.5) is 4.39 Å². The fraction of sp³-hybridized carbons (Fsp3) is 0.412. The number of hydrogen-bond donors (Lipinski definition) is 2. The average molecular weight is 333 g/mol. The molecule has 3 rings (SSSR count). The molecule has 0 saturated carbocycles. The summed E-state index contributed by atoms with van der Waals surface area (Å²) >= 11 is 1.46. The maximum atomic E-state index is 12.9. The summed E-state index contributed by atoms with van der Waals surface area (Å²) in [6.45, 7) is 2.82. The van der Waals surface area contributed by atoms with Crippen LogP contribution in [0.1, 0.15) is 33.9 Å². The molecule has 1 aliphatic heterocycles. The van der Waals surface area contributed by atoms with E-state index in [1.54, 1.807) is 17.5 Å². The van der Waals surface area contributed by atoms with Crippen LogP contribution < -0.4 is 10.6 Å². The summed E-state index contributed by atoms with van der Waals surface area (Å²) in [5.41, 5.74) is 1.46. The lowest BCUT2D eigenvalue weighted by atomic mass is 10.1. The van der Waals surface area contributed by atoms with Crippen molar-refractivity contribution in [2.75, 3.05) is 19.6 Å². The van der Waals surface area contributed by atoms with E-state index in [2.05, 4.69) is 15.6 Å². The van der Waals surface area contributed by atoms with Crippen molar-refractivity contribution in [1.82, 2.24) is 15.6 Å². The van der Waals surface area contributed by atoms with E-state index in [1.165, 1.54) is 29.9 Å². The number of benzene rings is 1. The average Bonchev–Trinajstić information content (AvgIpc) is 3.21. The molecule has 2 N–H and O–H groups in total. The van der Waals surface area contributed by atoms with Crippen LogP contribution in [-0.4, -0.2) is 30.5 Å². The molecule has 1 saturated heterocycles. The quantitative estimate of drug-likeness (QED) is 0.854. The van der Waals surface area contributed by atoms with Crippen molar-refractivity contribution in [3.63, 3.8) is 0 Å². The number of carbonyl (C=O) groups excluding carboxylic acids is 1. The van der Waals surface area contributed by atoms with Crippen molar-refractivity contribution in [3.8, 4) is 0 Å². The summed E-state index contributed by atoms with van der Waals surface area (Å²) < 4.78 is 12.9. The third kappa shape index (κ3) is 4.59. The first-order valence-corrected chi connectivity index (χ1v) is 8.76. The molecule has 1 aromatic carbocycles. The van der Waals surface area contributed by atoms with Gasteiger partial charge in [0.2, 0.25) is 0 Å². The Balaban J connectivity index is 1.49. The van der Waals surface area contributed by atoms with Gasteiger partial charge in [0.15, 0.2) is 0 Å². The Labute approximate surface area is 139 Å². The Morgan fingerprint density at radius 3 is 2.96 bits per heavy atom. The molecular weight excluding hydrogens is 313 g/mol. The van der Waals surface area contributed by atoms with E-state index >= 15 is 0 Å². The van der Waals surface area contributed by atoms with Crippen LogP contribution in [-0.2, 0) is 6.42 Å². The molecule has 4 nitrogen and oxygen atoms in total. The third-order valence-corrected chi connectivity index (χ3v) is 4.90. The lowest BCUT2D eigenvalue weighted by molar-refractivity contribution is 0.0947. The lowest BCUT2D eigenvalue weighted by Gasteiger charge is -2.08. The van der Waals surface area contributed by atoms with E-state index in [-0.39, 0.29) is 11.7 Å². The van der Waals surface area contributed by atoms with Gasteiger partial charge in [0.25, 0.3) is 5.91 Å². The molecule has 0 radical (unpaired) electrons. The Morgan fingerprint density at radius 1 is 1.39 bits per heavy atom. The van der Waals surface area contributed by atoms with Gasteiger partial charge in [-0.15, -0.1) is 11.3 Å². The normalized spacial score (nSPS) is 17.3. The van der Waals surface area contributed by atoms with Gasteiger partial charge in [-0.25, -0.2) is 9.37 Å². The molecule has 1 aromatic heterocycles. The highest BCUT2D eigenvalue weighted by atomic mass is 32.1. The Kier molecular flexibility index (Phi) is 5.35. The van der Waals surface area contributed by atoms with Crippen molar-refractivity contribution >= 4 is 17.2 Å². The SMILES string of the molecule is O=C(NCCC1CCNC1)c1csc(Cc2ccc(F)cc2)n1. The number of nitrogens with zero attached hydrogens (tertiary/aromatic N) is 1. The van der Waals surface area contributed by atoms with Gasteiger partial charge in [0, 0.05) is 18.3 Å². The van der Waals surface area contributed by atoms with Gasteiger partial charge >= 0.3 is 0 Å². The summed E-state index contributed by atoms with van der Waals surface area (Å²) in [5, 5.41) is 8.91.